The van der Waals surface area contributed by atoms with Crippen LogP contribution in [0.5, 0.6) is 0 Å². The van der Waals surface area contributed by atoms with Crippen molar-refractivity contribution in [3.05, 3.63) is 0 Å². The zero-order valence-corrected chi connectivity index (χ0v) is 8.83. The third kappa shape index (κ3) is 9.80. The lowest BCUT2D eigenvalue weighted by Crippen LogP contribution is -2.16. The number of unbranched alkanes of at least 4 members (excludes halogenated alkanes) is 3. The molecule has 0 saturated heterocycles. The lowest BCUT2D eigenvalue weighted by molar-refractivity contribution is -0.129. The normalized spacial score (nSPS) is 13.6. The number of aliphatic hydroxyl groups excluding tert-OH is 1. The average molecular weight is 189 g/mol. The first-order valence-electron chi connectivity index (χ1n) is 5.20. The molecule has 0 aromatic rings. The van der Waals surface area contributed by atoms with Gasteiger partial charge in [-0.25, -0.2) is 0 Å². The molecule has 1 unspecified atom stereocenters. The highest BCUT2D eigenvalue weighted by atomic mass is 16.6. The Morgan fingerprint density at radius 2 is 1.77 bits per heavy atom. The maximum atomic E-state index is 9.33. The molecule has 80 valence electrons. The van der Waals surface area contributed by atoms with Gasteiger partial charge in [0, 0.05) is 0 Å². The van der Waals surface area contributed by atoms with E-state index in [2.05, 4.69) is 0 Å². The molecule has 0 aromatic heterocycles. The van der Waals surface area contributed by atoms with Crippen LogP contribution >= 0.6 is 0 Å². The molecule has 0 aliphatic carbocycles. The average Bonchev–Trinajstić information content (AvgIpc) is 2.02. The number of hydrogen-bond donors (Lipinski definition) is 2. The van der Waals surface area contributed by atoms with Gasteiger partial charge in [0.05, 0.1) is 6.10 Å². The fourth-order valence-corrected chi connectivity index (χ4v) is 1.20. The predicted octanol–water partition coefficient (Wildman–Crippen LogP) is 1.64. The van der Waals surface area contributed by atoms with Crippen LogP contribution in [-0.4, -0.2) is 24.0 Å². The van der Waals surface area contributed by atoms with Gasteiger partial charge in [-0.3, -0.25) is 0 Å². The van der Waals surface area contributed by atoms with Crippen molar-refractivity contribution in [2.24, 2.45) is 5.73 Å². The molecule has 0 aliphatic heterocycles. The maximum absolute atomic E-state index is 9.33. The minimum atomic E-state index is -0.585. The van der Waals surface area contributed by atoms with E-state index in [4.69, 9.17) is 10.5 Å². The van der Waals surface area contributed by atoms with E-state index in [9.17, 15) is 5.11 Å². The van der Waals surface area contributed by atoms with Crippen LogP contribution in [0, 0.1) is 0 Å². The van der Waals surface area contributed by atoms with Crippen molar-refractivity contribution in [3.63, 3.8) is 0 Å². The van der Waals surface area contributed by atoms with Gasteiger partial charge in [-0.1, -0.05) is 12.8 Å². The fourth-order valence-electron chi connectivity index (χ4n) is 1.20. The van der Waals surface area contributed by atoms with E-state index < -0.39 is 6.29 Å². The van der Waals surface area contributed by atoms with Gasteiger partial charge in [-0.15, -0.1) is 0 Å². The Morgan fingerprint density at radius 3 is 2.31 bits per heavy atom. The van der Waals surface area contributed by atoms with E-state index in [0.717, 1.165) is 38.6 Å². The molecule has 3 N–H and O–H groups in total. The van der Waals surface area contributed by atoms with Crippen LogP contribution in [0.3, 0.4) is 0 Å². The van der Waals surface area contributed by atoms with Crippen molar-refractivity contribution in [2.75, 3.05) is 6.54 Å². The monoisotopic (exact) mass is 189 g/mol. The first kappa shape index (κ1) is 12.9. The highest BCUT2D eigenvalue weighted by Crippen LogP contribution is 2.07. The second-order valence-electron chi connectivity index (χ2n) is 3.63. The Morgan fingerprint density at radius 1 is 1.15 bits per heavy atom. The molecular weight excluding hydrogens is 166 g/mol. The second kappa shape index (κ2) is 8.48. The van der Waals surface area contributed by atoms with Crippen molar-refractivity contribution < 1.29 is 9.84 Å². The molecule has 0 saturated carbocycles. The van der Waals surface area contributed by atoms with Crippen molar-refractivity contribution in [1.82, 2.24) is 0 Å². The zero-order chi connectivity index (χ0) is 10.1. The SMILES string of the molecule is CC(C)OC(O)CCCCCCN. The fraction of sp³-hybridized carbons (Fsp3) is 1.00. The van der Waals surface area contributed by atoms with Gasteiger partial charge in [-0.05, 0) is 39.7 Å². The van der Waals surface area contributed by atoms with E-state index >= 15 is 0 Å². The molecule has 3 nitrogen and oxygen atoms in total. The van der Waals surface area contributed by atoms with E-state index in [-0.39, 0.29) is 6.10 Å². The van der Waals surface area contributed by atoms with Gasteiger partial charge in [0.15, 0.2) is 6.29 Å². The van der Waals surface area contributed by atoms with Crippen LogP contribution in [0.15, 0.2) is 0 Å². The Hall–Kier alpha value is -0.120. The lowest BCUT2D eigenvalue weighted by atomic mass is 10.1. The van der Waals surface area contributed by atoms with Gasteiger partial charge >= 0.3 is 0 Å². The van der Waals surface area contributed by atoms with Crippen LogP contribution in [0.4, 0.5) is 0 Å². The molecule has 0 aromatic carbocycles. The Labute approximate surface area is 81.3 Å². The summed E-state index contributed by atoms with van der Waals surface area (Å²) >= 11 is 0. The molecule has 0 spiro atoms. The summed E-state index contributed by atoms with van der Waals surface area (Å²) in [4.78, 5) is 0. The number of nitrogens with two attached hydrogens (primary N) is 1. The number of rotatable bonds is 8. The highest BCUT2D eigenvalue weighted by molar-refractivity contribution is 4.48. The molecule has 0 radical (unpaired) electrons. The Balaban J connectivity index is 3.12. The quantitative estimate of drug-likeness (QED) is 0.451. The van der Waals surface area contributed by atoms with Crippen LogP contribution in [-0.2, 0) is 4.74 Å². The largest absolute Gasteiger partial charge is 0.368 e. The summed E-state index contributed by atoms with van der Waals surface area (Å²) in [5, 5.41) is 9.33. The molecule has 0 aliphatic rings. The topological polar surface area (TPSA) is 55.5 Å². The summed E-state index contributed by atoms with van der Waals surface area (Å²) in [6.07, 6.45) is 4.66. The molecular formula is C10H23NO2. The molecule has 0 heterocycles. The minimum Gasteiger partial charge on any atom is -0.368 e. The summed E-state index contributed by atoms with van der Waals surface area (Å²) in [5.41, 5.74) is 5.36. The third-order valence-corrected chi connectivity index (χ3v) is 1.83. The molecule has 13 heavy (non-hydrogen) atoms. The Bertz CT molecular complexity index is 107. The van der Waals surface area contributed by atoms with E-state index in [1.807, 2.05) is 13.8 Å². The van der Waals surface area contributed by atoms with Crippen molar-refractivity contribution in [1.29, 1.82) is 0 Å². The highest BCUT2D eigenvalue weighted by Gasteiger charge is 2.05. The first-order valence-corrected chi connectivity index (χ1v) is 5.20. The molecule has 3 heteroatoms. The van der Waals surface area contributed by atoms with Gasteiger partial charge in [0.2, 0.25) is 0 Å². The minimum absolute atomic E-state index is 0.110. The zero-order valence-electron chi connectivity index (χ0n) is 8.83. The van der Waals surface area contributed by atoms with Crippen molar-refractivity contribution in [3.8, 4) is 0 Å². The Kier molecular flexibility index (Phi) is 8.40. The van der Waals surface area contributed by atoms with Crippen LogP contribution in [0.25, 0.3) is 0 Å². The van der Waals surface area contributed by atoms with Gasteiger partial charge in [0.25, 0.3) is 0 Å². The summed E-state index contributed by atoms with van der Waals surface area (Å²) in [7, 11) is 0. The first-order chi connectivity index (χ1) is 6.16. The van der Waals surface area contributed by atoms with Crippen LogP contribution in [0.2, 0.25) is 0 Å². The van der Waals surface area contributed by atoms with E-state index in [1.165, 1.54) is 0 Å². The molecule has 1 atom stereocenters. The number of hydrogen-bond acceptors (Lipinski definition) is 3. The van der Waals surface area contributed by atoms with Crippen molar-refractivity contribution in [2.45, 2.75) is 58.3 Å². The summed E-state index contributed by atoms with van der Waals surface area (Å²) in [5.74, 6) is 0. The molecule has 0 rings (SSSR count). The number of aliphatic hydroxyl groups is 1. The molecule has 0 bridgehead atoms. The third-order valence-electron chi connectivity index (χ3n) is 1.83. The second-order valence-corrected chi connectivity index (χ2v) is 3.63. The summed E-state index contributed by atoms with van der Waals surface area (Å²) in [6.45, 7) is 4.63. The molecule has 0 fully saturated rings. The summed E-state index contributed by atoms with van der Waals surface area (Å²) < 4.78 is 5.19. The summed E-state index contributed by atoms with van der Waals surface area (Å²) in [6, 6.07) is 0. The lowest BCUT2D eigenvalue weighted by Gasteiger charge is -2.14. The van der Waals surface area contributed by atoms with Gasteiger partial charge in [-0.2, -0.15) is 0 Å². The molecule has 0 amide bonds. The number of ether oxygens (including phenoxy) is 1. The smallest absolute Gasteiger partial charge is 0.154 e. The standard InChI is InChI=1S/C10H23NO2/c1-9(2)13-10(12)7-5-3-4-6-8-11/h9-10,12H,3-8,11H2,1-2H3. The van der Waals surface area contributed by atoms with Gasteiger partial charge in [0.1, 0.15) is 0 Å². The van der Waals surface area contributed by atoms with Crippen LogP contribution < -0.4 is 5.73 Å². The van der Waals surface area contributed by atoms with E-state index in [1.54, 1.807) is 0 Å². The van der Waals surface area contributed by atoms with Crippen LogP contribution in [0.1, 0.15) is 46.0 Å². The van der Waals surface area contributed by atoms with Crippen molar-refractivity contribution >= 4 is 0 Å². The van der Waals surface area contributed by atoms with E-state index in [0.29, 0.717) is 0 Å². The van der Waals surface area contributed by atoms with Gasteiger partial charge < -0.3 is 15.6 Å². The predicted molar refractivity (Wildman–Crippen MR) is 54.4 cm³/mol. The maximum Gasteiger partial charge on any atom is 0.154 e.